The minimum absolute atomic E-state index is 0.0430. The van der Waals surface area contributed by atoms with Gasteiger partial charge in [-0.2, -0.15) is 0 Å². The summed E-state index contributed by atoms with van der Waals surface area (Å²) in [5.41, 5.74) is 7.50. The molecule has 0 aliphatic rings. The number of nitrogen functional groups attached to an aromatic ring is 1. The molecule has 0 aromatic carbocycles. The fourth-order valence-electron chi connectivity index (χ4n) is 1.42. The Kier molecular flexibility index (Phi) is 2.91. The highest BCUT2D eigenvalue weighted by atomic mass is 16.1. The summed E-state index contributed by atoms with van der Waals surface area (Å²) >= 11 is 0. The maximum absolute atomic E-state index is 11.9. The molecule has 0 aliphatic heterocycles. The number of hydrogen-bond acceptors (Lipinski definition) is 4. The lowest BCUT2D eigenvalue weighted by molar-refractivity contribution is 0.0993. The van der Waals surface area contributed by atoms with Gasteiger partial charge in [0.1, 0.15) is 0 Å². The molecule has 0 aliphatic carbocycles. The lowest BCUT2D eigenvalue weighted by atomic mass is 10.0. The second-order valence-corrected chi connectivity index (χ2v) is 3.42. The van der Waals surface area contributed by atoms with Gasteiger partial charge in [0.05, 0.1) is 5.56 Å². The molecule has 0 amide bonds. The van der Waals surface area contributed by atoms with Crippen molar-refractivity contribution in [2.24, 2.45) is 0 Å². The van der Waals surface area contributed by atoms with E-state index < -0.39 is 0 Å². The fraction of sp³-hybridized carbons (Fsp3) is 0.0833. The Balaban J connectivity index is 2.19. The van der Waals surface area contributed by atoms with Crippen LogP contribution in [0.1, 0.15) is 15.9 Å². The van der Waals surface area contributed by atoms with Crippen molar-refractivity contribution in [1.29, 1.82) is 0 Å². The predicted octanol–water partition coefficient (Wildman–Crippen LogP) is 1.48. The standard InChI is InChI=1S/C12H11N3O/c13-11-3-5-15-8-10(11)12(16)6-9-2-1-4-14-7-9/h1-5,7-8H,6H2,(H2,13,15). The van der Waals surface area contributed by atoms with Crippen molar-refractivity contribution < 1.29 is 4.79 Å². The van der Waals surface area contributed by atoms with Gasteiger partial charge >= 0.3 is 0 Å². The van der Waals surface area contributed by atoms with Crippen LogP contribution >= 0.6 is 0 Å². The molecule has 4 nitrogen and oxygen atoms in total. The Labute approximate surface area is 93.2 Å². The third-order valence-corrected chi connectivity index (χ3v) is 2.24. The van der Waals surface area contributed by atoms with Crippen molar-refractivity contribution in [3.05, 3.63) is 54.1 Å². The number of hydrogen-bond donors (Lipinski definition) is 1. The van der Waals surface area contributed by atoms with Gasteiger partial charge in [0.2, 0.25) is 0 Å². The average Bonchev–Trinajstić information content (AvgIpc) is 2.31. The SMILES string of the molecule is Nc1ccncc1C(=O)Cc1cccnc1. The van der Waals surface area contributed by atoms with Crippen molar-refractivity contribution in [3.8, 4) is 0 Å². The van der Waals surface area contributed by atoms with Crippen LogP contribution in [-0.4, -0.2) is 15.8 Å². The topological polar surface area (TPSA) is 68.9 Å². The Morgan fingerprint density at radius 3 is 2.69 bits per heavy atom. The van der Waals surface area contributed by atoms with E-state index in [1.54, 1.807) is 30.7 Å². The van der Waals surface area contributed by atoms with Gasteiger partial charge in [-0.1, -0.05) is 6.07 Å². The molecule has 2 aromatic heterocycles. The number of nitrogens with zero attached hydrogens (tertiary/aromatic N) is 2. The molecule has 16 heavy (non-hydrogen) atoms. The molecule has 80 valence electrons. The van der Waals surface area contributed by atoms with E-state index in [0.717, 1.165) is 5.56 Å². The molecule has 0 saturated carbocycles. The van der Waals surface area contributed by atoms with Crippen molar-refractivity contribution in [3.63, 3.8) is 0 Å². The van der Waals surface area contributed by atoms with Crippen LogP contribution in [0.15, 0.2) is 43.0 Å². The van der Waals surface area contributed by atoms with E-state index in [4.69, 9.17) is 5.73 Å². The lowest BCUT2D eigenvalue weighted by Crippen LogP contribution is -2.07. The number of anilines is 1. The van der Waals surface area contributed by atoms with E-state index >= 15 is 0 Å². The van der Waals surface area contributed by atoms with Crippen LogP contribution in [0.5, 0.6) is 0 Å². The highest BCUT2D eigenvalue weighted by Gasteiger charge is 2.10. The van der Waals surface area contributed by atoms with Gasteiger partial charge in [-0.3, -0.25) is 14.8 Å². The molecule has 4 heteroatoms. The van der Waals surface area contributed by atoms with Crippen molar-refractivity contribution in [2.75, 3.05) is 5.73 Å². The molecule has 0 spiro atoms. The minimum atomic E-state index is -0.0430. The summed E-state index contributed by atoms with van der Waals surface area (Å²) in [6.07, 6.45) is 6.70. The van der Waals surface area contributed by atoms with Crippen LogP contribution in [0.3, 0.4) is 0 Å². The van der Waals surface area contributed by atoms with Gasteiger partial charge in [0.15, 0.2) is 5.78 Å². The molecular weight excluding hydrogens is 202 g/mol. The number of ketones is 1. The zero-order chi connectivity index (χ0) is 11.4. The first-order valence-electron chi connectivity index (χ1n) is 4.89. The number of nitrogens with two attached hydrogens (primary N) is 1. The van der Waals surface area contributed by atoms with E-state index in [-0.39, 0.29) is 5.78 Å². The first-order chi connectivity index (χ1) is 7.77. The predicted molar refractivity (Wildman–Crippen MR) is 60.9 cm³/mol. The Bertz CT molecular complexity index is 497. The highest BCUT2D eigenvalue weighted by Crippen LogP contribution is 2.12. The second kappa shape index (κ2) is 4.53. The average molecular weight is 213 g/mol. The Hall–Kier alpha value is -2.23. The van der Waals surface area contributed by atoms with Gasteiger partial charge < -0.3 is 5.73 Å². The number of carbonyl (C=O) groups is 1. The molecule has 0 fully saturated rings. The number of aromatic nitrogens is 2. The normalized spacial score (nSPS) is 10.0. The molecule has 2 rings (SSSR count). The number of pyridine rings is 2. The number of rotatable bonds is 3. The summed E-state index contributed by atoms with van der Waals surface area (Å²) in [6, 6.07) is 5.28. The van der Waals surface area contributed by atoms with E-state index in [1.807, 2.05) is 6.07 Å². The molecule has 2 N–H and O–H groups in total. The maximum Gasteiger partial charge on any atom is 0.170 e. The zero-order valence-corrected chi connectivity index (χ0v) is 8.63. The summed E-state index contributed by atoms with van der Waals surface area (Å²) in [6.45, 7) is 0. The van der Waals surface area contributed by atoms with Gasteiger partial charge in [-0.05, 0) is 17.7 Å². The Morgan fingerprint density at radius 1 is 1.19 bits per heavy atom. The maximum atomic E-state index is 11.9. The van der Waals surface area contributed by atoms with Crippen molar-refractivity contribution in [2.45, 2.75) is 6.42 Å². The van der Waals surface area contributed by atoms with Crippen LogP contribution in [0.2, 0.25) is 0 Å². The Morgan fingerprint density at radius 2 is 2.00 bits per heavy atom. The van der Waals surface area contributed by atoms with E-state index in [0.29, 0.717) is 17.7 Å². The van der Waals surface area contributed by atoms with Crippen LogP contribution in [-0.2, 0) is 6.42 Å². The second-order valence-electron chi connectivity index (χ2n) is 3.42. The van der Waals surface area contributed by atoms with Crippen LogP contribution in [0.4, 0.5) is 5.69 Å². The van der Waals surface area contributed by atoms with Crippen LogP contribution in [0, 0.1) is 0 Å². The molecule has 0 bridgehead atoms. The van der Waals surface area contributed by atoms with Crippen molar-refractivity contribution in [1.82, 2.24) is 9.97 Å². The van der Waals surface area contributed by atoms with E-state index in [9.17, 15) is 4.79 Å². The van der Waals surface area contributed by atoms with Gasteiger partial charge in [-0.25, -0.2) is 0 Å². The van der Waals surface area contributed by atoms with Crippen LogP contribution in [0.25, 0.3) is 0 Å². The molecule has 0 atom stereocenters. The quantitative estimate of drug-likeness (QED) is 0.784. The third kappa shape index (κ3) is 2.23. The first kappa shape index (κ1) is 10.3. The van der Waals surface area contributed by atoms with Crippen molar-refractivity contribution >= 4 is 11.5 Å². The number of carbonyl (C=O) groups excluding carboxylic acids is 1. The summed E-state index contributed by atoms with van der Waals surface area (Å²) in [5, 5.41) is 0. The van der Waals surface area contributed by atoms with Crippen LogP contribution < -0.4 is 5.73 Å². The monoisotopic (exact) mass is 213 g/mol. The molecule has 0 saturated heterocycles. The molecule has 2 heterocycles. The van der Waals surface area contributed by atoms with Gasteiger partial charge in [0.25, 0.3) is 0 Å². The molecule has 0 unspecified atom stereocenters. The smallest absolute Gasteiger partial charge is 0.170 e. The summed E-state index contributed by atoms with van der Waals surface area (Å²) in [5.74, 6) is -0.0430. The largest absolute Gasteiger partial charge is 0.398 e. The fourth-order valence-corrected chi connectivity index (χ4v) is 1.42. The summed E-state index contributed by atoms with van der Waals surface area (Å²) in [4.78, 5) is 19.7. The lowest BCUT2D eigenvalue weighted by Gasteiger charge is -2.03. The highest BCUT2D eigenvalue weighted by molar-refractivity contribution is 6.01. The molecular formula is C12H11N3O. The van der Waals surface area contributed by atoms with E-state index in [1.165, 1.54) is 6.20 Å². The summed E-state index contributed by atoms with van der Waals surface area (Å²) < 4.78 is 0. The number of Topliss-reactive ketones (excluding diaryl/α,β-unsaturated/α-hetero) is 1. The zero-order valence-electron chi connectivity index (χ0n) is 8.63. The molecule has 0 radical (unpaired) electrons. The minimum Gasteiger partial charge on any atom is -0.398 e. The van der Waals surface area contributed by atoms with Gasteiger partial charge in [0, 0.05) is 36.9 Å². The molecule has 2 aromatic rings. The third-order valence-electron chi connectivity index (χ3n) is 2.24. The van der Waals surface area contributed by atoms with Gasteiger partial charge in [-0.15, -0.1) is 0 Å². The first-order valence-corrected chi connectivity index (χ1v) is 4.89. The van der Waals surface area contributed by atoms with E-state index in [2.05, 4.69) is 9.97 Å². The summed E-state index contributed by atoms with van der Waals surface area (Å²) in [7, 11) is 0.